The van der Waals surface area contributed by atoms with Crippen LogP contribution in [0.25, 0.3) is 0 Å². The molecule has 1 aliphatic heterocycles. The summed E-state index contributed by atoms with van der Waals surface area (Å²) in [5.41, 5.74) is 0. The Morgan fingerprint density at radius 3 is 2.82 bits per heavy atom. The third-order valence-corrected chi connectivity index (χ3v) is 4.05. The van der Waals surface area contributed by atoms with Crippen LogP contribution in [0.5, 0.6) is 0 Å². The number of nitrogens with zero attached hydrogens (tertiary/aromatic N) is 1. The second-order valence-corrected chi connectivity index (χ2v) is 6.10. The van der Waals surface area contributed by atoms with Crippen LogP contribution in [0.15, 0.2) is 0 Å². The van der Waals surface area contributed by atoms with Gasteiger partial charge in [-0.1, -0.05) is 0 Å². The van der Waals surface area contributed by atoms with E-state index in [0.29, 0.717) is 26.1 Å². The molecule has 7 heteroatoms. The minimum Gasteiger partial charge on any atom is -0.385 e. The molecule has 1 saturated heterocycles. The fourth-order valence-electron chi connectivity index (χ4n) is 1.95. The molecule has 0 aliphatic carbocycles. The molecule has 100 valence electrons. The van der Waals surface area contributed by atoms with Crippen molar-refractivity contribution < 1.29 is 17.9 Å². The van der Waals surface area contributed by atoms with Gasteiger partial charge in [-0.25, -0.2) is 8.42 Å². The minimum atomic E-state index is -3.28. The summed E-state index contributed by atoms with van der Waals surface area (Å²) in [7, 11) is -1.68. The third-order valence-electron chi connectivity index (χ3n) is 2.76. The summed E-state index contributed by atoms with van der Waals surface area (Å²) in [6, 6.07) is -0.535. The van der Waals surface area contributed by atoms with E-state index in [-0.39, 0.29) is 5.91 Å². The second-order valence-electron chi connectivity index (χ2n) is 4.17. The second kappa shape index (κ2) is 6.32. The van der Waals surface area contributed by atoms with Crippen molar-refractivity contribution in [2.45, 2.75) is 25.3 Å². The maximum Gasteiger partial charge on any atom is 0.238 e. The van der Waals surface area contributed by atoms with Crippen LogP contribution in [-0.2, 0) is 19.6 Å². The number of carbonyl (C=O) groups is 1. The lowest BCUT2D eigenvalue weighted by Gasteiger charge is -2.21. The highest BCUT2D eigenvalue weighted by atomic mass is 32.2. The van der Waals surface area contributed by atoms with Gasteiger partial charge in [-0.05, 0) is 19.3 Å². The van der Waals surface area contributed by atoms with Gasteiger partial charge in [0.15, 0.2) is 0 Å². The maximum absolute atomic E-state index is 11.8. The first-order chi connectivity index (χ1) is 7.96. The van der Waals surface area contributed by atoms with Crippen molar-refractivity contribution in [1.29, 1.82) is 0 Å². The third kappa shape index (κ3) is 4.25. The van der Waals surface area contributed by atoms with Gasteiger partial charge in [0.25, 0.3) is 0 Å². The van der Waals surface area contributed by atoms with Crippen LogP contribution in [0, 0.1) is 0 Å². The molecule has 0 radical (unpaired) electrons. The fourth-order valence-corrected chi connectivity index (χ4v) is 3.07. The van der Waals surface area contributed by atoms with E-state index in [1.54, 1.807) is 7.11 Å². The molecule has 0 saturated carbocycles. The molecule has 0 unspecified atom stereocenters. The van der Waals surface area contributed by atoms with E-state index < -0.39 is 16.1 Å². The Labute approximate surface area is 102 Å². The van der Waals surface area contributed by atoms with Crippen molar-refractivity contribution in [3.63, 3.8) is 0 Å². The summed E-state index contributed by atoms with van der Waals surface area (Å²) >= 11 is 0. The molecule has 0 bridgehead atoms. The van der Waals surface area contributed by atoms with Gasteiger partial charge in [-0.3, -0.25) is 4.79 Å². The summed E-state index contributed by atoms with van der Waals surface area (Å²) < 4.78 is 29.0. The highest BCUT2D eigenvalue weighted by Crippen LogP contribution is 2.20. The van der Waals surface area contributed by atoms with E-state index in [1.165, 1.54) is 4.31 Å². The zero-order valence-electron chi connectivity index (χ0n) is 10.3. The lowest BCUT2D eigenvalue weighted by Crippen LogP contribution is -2.45. The van der Waals surface area contributed by atoms with Gasteiger partial charge in [0.1, 0.15) is 6.04 Å². The molecule has 0 aromatic heterocycles. The molecule has 0 spiro atoms. The largest absolute Gasteiger partial charge is 0.385 e. The van der Waals surface area contributed by atoms with Crippen molar-refractivity contribution in [2.24, 2.45) is 0 Å². The zero-order valence-corrected chi connectivity index (χ0v) is 11.1. The molecule has 1 rings (SSSR count). The van der Waals surface area contributed by atoms with E-state index in [2.05, 4.69) is 5.32 Å². The SMILES string of the molecule is COCCCNC(=O)[C@H]1CCCN1S(C)(=O)=O. The maximum atomic E-state index is 11.8. The molecule has 6 nitrogen and oxygen atoms in total. The molecule has 0 aromatic carbocycles. The molecular weight excluding hydrogens is 244 g/mol. The van der Waals surface area contributed by atoms with Crippen molar-refractivity contribution in [3.8, 4) is 0 Å². The van der Waals surface area contributed by atoms with Crippen LogP contribution in [-0.4, -0.2) is 57.7 Å². The Balaban J connectivity index is 2.45. The van der Waals surface area contributed by atoms with Gasteiger partial charge in [0, 0.05) is 26.8 Å². The molecule has 1 heterocycles. The van der Waals surface area contributed by atoms with E-state index in [1.807, 2.05) is 0 Å². The molecule has 1 amide bonds. The first-order valence-corrected chi connectivity index (χ1v) is 7.55. The van der Waals surface area contributed by atoms with E-state index in [9.17, 15) is 13.2 Å². The summed E-state index contributed by atoms with van der Waals surface area (Å²) in [5.74, 6) is -0.205. The quantitative estimate of drug-likeness (QED) is 0.660. The normalized spacial score (nSPS) is 21.6. The summed E-state index contributed by atoms with van der Waals surface area (Å²) in [5, 5.41) is 2.74. The molecule has 17 heavy (non-hydrogen) atoms. The van der Waals surface area contributed by atoms with E-state index in [0.717, 1.165) is 19.1 Å². The Hall–Kier alpha value is -0.660. The molecule has 1 atom stereocenters. The van der Waals surface area contributed by atoms with Crippen molar-refractivity contribution in [3.05, 3.63) is 0 Å². The predicted molar refractivity (Wildman–Crippen MR) is 64.1 cm³/mol. The molecule has 1 N–H and O–H groups in total. The Bertz CT molecular complexity index is 355. The van der Waals surface area contributed by atoms with Gasteiger partial charge in [0.05, 0.1) is 6.26 Å². The summed E-state index contributed by atoms with van der Waals surface area (Å²) in [4.78, 5) is 11.8. The number of hydrogen-bond acceptors (Lipinski definition) is 4. The highest BCUT2D eigenvalue weighted by molar-refractivity contribution is 7.88. The number of rotatable bonds is 6. The smallest absolute Gasteiger partial charge is 0.238 e. The lowest BCUT2D eigenvalue weighted by atomic mass is 10.2. The number of methoxy groups -OCH3 is 1. The van der Waals surface area contributed by atoms with Crippen molar-refractivity contribution in [1.82, 2.24) is 9.62 Å². The summed E-state index contributed by atoms with van der Waals surface area (Å²) in [6.45, 7) is 1.54. The first kappa shape index (κ1) is 14.4. The van der Waals surface area contributed by atoms with Crippen molar-refractivity contribution in [2.75, 3.05) is 33.1 Å². The van der Waals surface area contributed by atoms with Crippen LogP contribution < -0.4 is 5.32 Å². The topological polar surface area (TPSA) is 75.7 Å². The average molecular weight is 264 g/mol. The Morgan fingerprint density at radius 1 is 1.53 bits per heavy atom. The first-order valence-electron chi connectivity index (χ1n) is 5.70. The van der Waals surface area contributed by atoms with E-state index in [4.69, 9.17) is 4.74 Å². The molecule has 1 fully saturated rings. The Morgan fingerprint density at radius 2 is 2.24 bits per heavy atom. The standard InChI is InChI=1S/C10H20N2O4S/c1-16-8-4-6-11-10(13)9-5-3-7-12(9)17(2,14)15/h9H,3-8H2,1-2H3,(H,11,13)/t9-/m1/s1. The van der Waals surface area contributed by atoms with Gasteiger partial charge in [-0.2, -0.15) is 4.31 Å². The zero-order chi connectivity index (χ0) is 12.9. The minimum absolute atomic E-state index is 0.205. The Kier molecular flexibility index (Phi) is 5.35. The van der Waals surface area contributed by atoms with Crippen molar-refractivity contribution >= 4 is 15.9 Å². The monoisotopic (exact) mass is 264 g/mol. The molecule has 0 aromatic rings. The van der Waals surface area contributed by atoms with Crippen LogP contribution in [0.4, 0.5) is 0 Å². The highest BCUT2D eigenvalue weighted by Gasteiger charge is 2.35. The van der Waals surface area contributed by atoms with Crippen LogP contribution >= 0.6 is 0 Å². The van der Waals surface area contributed by atoms with Crippen LogP contribution in [0.1, 0.15) is 19.3 Å². The number of hydrogen-bond donors (Lipinski definition) is 1. The van der Waals surface area contributed by atoms with E-state index >= 15 is 0 Å². The number of carbonyl (C=O) groups excluding carboxylic acids is 1. The number of amides is 1. The molecule has 1 aliphatic rings. The van der Waals surface area contributed by atoms with Gasteiger partial charge in [-0.15, -0.1) is 0 Å². The van der Waals surface area contributed by atoms with Gasteiger partial charge < -0.3 is 10.1 Å². The number of ether oxygens (including phenoxy) is 1. The number of sulfonamides is 1. The fraction of sp³-hybridized carbons (Fsp3) is 0.900. The van der Waals surface area contributed by atoms with Crippen LogP contribution in [0.2, 0.25) is 0 Å². The van der Waals surface area contributed by atoms with Gasteiger partial charge in [0.2, 0.25) is 15.9 Å². The van der Waals surface area contributed by atoms with Crippen LogP contribution in [0.3, 0.4) is 0 Å². The number of nitrogens with one attached hydrogen (secondary N) is 1. The predicted octanol–water partition coefficient (Wildman–Crippen LogP) is -0.437. The molecular formula is C10H20N2O4S. The lowest BCUT2D eigenvalue weighted by molar-refractivity contribution is -0.124. The average Bonchev–Trinajstić information content (AvgIpc) is 2.72. The summed E-state index contributed by atoms with van der Waals surface area (Å²) in [6.07, 6.45) is 3.21. The van der Waals surface area contributed by atoms with Gasteiger partial charge >= 0.3 is 0 Å².